The van der Waals surface area contributed by atoms with Gasteiger partial charge in [-0.25, -0.2) is 12.8 Å². The first-order valence-corrected chi connectivity index (χ1v) is 8.24. The van der Waals surface area contributed by atoms with Crippen LogP contribution >= 0.6 is 0 Å². The molecule has 20 heavy (non-hydrogen) atoms. The smallest absolute Gasteiger partial charge is 0.243 e. The molecular formula is C14H20FNO3S. The first-order chi connectivity index (χ1) is 9.36. The standard InChI is InChI=1S/C14H20FNO3S/c1-3-11-9-16(7-6-13(11)17)20(18,19)14-5-4-12(15)8-10(14)2/h4-5,8,11,13,17H,3,6-7,9H2,1-2H3. The van der Waals surface area contributed by atoms with Crippen LogP contribution in [0.25, 0.3) is 0 Å². The molecule has 0 spiro atoms. The summed E-state index contributed by atoms with van der Waals surface area (Å²) in [7, 11) is -3.62. The normalized spacial score (nSPS) is 24.8. The zero-order valence-corrected chi connectivity index (χ0v) is 12.5. The molecule has 112 valence electrons. The molecule has 1 aliphatic heterocycles. The molecule has 6 heteroatoms. The lowest BCUT2D eigenvalue weighted by Gasteiger charge is -2.35. The van der Waals surface area contributed by atoms with Gasteiger partial charge in [-0.05, 0) is 49.4 Å². The third kappa shape index (κ3) is 2.87. The lowest BCUT2D eigenvalue weighted by Crippen LogP contribution is -2.45. The van der Waals surface area contributed by atoms with E-state index in [2.05, 4.69) is 0 Å². The predicted molar refractivity (Wildman–Crippen MR) is 74.3 cm³/mol. The number of halogens is 1. The first-order valence-electron chi connectivity index (χ1n) is 6.80. The Morgan fingerprint density at radius 3 is 2.75 bits per heavy atom. The van der Waals surface area contributed by atoms with Crippen LogP contribution in [0.2, 0.25) is 0 Å². The molecule has 1 heterocycles. The minimum absolute atomic E-state index is 0.0423. The molecule has 1 N–H and O–H groups in total. The molecule has 2 atom stereocenters. The second-order valence-electron chi connectivity index (χ2n) is 5.30. The topological polar surface area (TPSA) is 57.6 Å². The summed E-state index contributed by atoms with van der Waals surface area (Å²) in [5, 5.41) is 9.84. The SMILES string of the molecule is CCC1CN(S(=O)(=O)c2ccc(F)cc2C)CCC1O. The lowest BCUT2D eigenvalue weighted by atomic mass is 9.94. The first kappa shape index (κ1) is 15.4. The molecule has 1 aliphatic rings. The van der Waals surface area contributed by atoms with E-state index in [0.717, 1.165) is 12.5 Å². The predicted octanol–water partition coefficient (Wildman–Crippen LogP) is 1.92. The summed E-state index contributed by atoms with van der Waals surface area (Å²) in [6.45, 7) is 4.15. The van der Waals surface area contributed by atoms with Crippen LogP contribution in [0.1, 0.15) is 25.3 Å². The summed E-state index contributed by atoms with van der Waals surface area (Å²) in [6, 6.07) is 3.70. The van der Waals surface area contributed by atoms with E-state index in [4.69, 9.17) is 0 Å². The average molecular weight is 301 g/mol. The fraction of sp³-hybridized carbons (Fsp3) is 0.571. The number of rotatable bonds is 3. The maximum Gasteiger partial charge on any atom is 0.243 e. The van der Waals surface area contributed by atoms with Crippen LogP contribution in [0.5, 0.6) is 0 Å². The Balaban J connectivity index is 2.31. The van der Waals surface area contributed by atoms with Crippen LogP contribution in [-0.4, -0.2) is 37.0 Å². The maximum absolute atomic E-state index is 13.1. The van der Waals surface area contributed by atoms with Gasteiger partial charge in [0.25, 0.3) is 0 Å². The maximum atomic E-state index is 13.1. The van der Waals surface area contributed by atoms with Gasteiger partial charge < -0.3 is 5.11 Å². The van der Waals surface area contributed by atoms with Crippen molar-refractivity contribution in [2.75, 3.05) is 13.1 Å². The van der Waals surface area contributed by atoms with Crippen molar-refractivity contribution in [3.05, 3.63) is 29.6 Å². The van der Waals surface area contributed by atoms with E-state index < -0.39 is 21.9 Å². The highest BCUT2D eigenvalue weighted by Gasteiger charge is 2.34. The van der Waals surface area contributed by atoms with Gasteiger partial charge in [0.2, 0.25) is 10.0 Å². The Morgan fingerprint density at radius 1 is 1.45 bits per heavy atom. The number of aliphatic hydroxyl groups is 1. The molecule has 0 aliphatic carbocycles. The average Bonchev–Trinajstić information content (AvgIpc) is 2.38. The van der Waals surface area contributed by atoms with Gasteiger partial charge in [0.05, 0.1) is 11.0 Å². The van der Waals surface area contributed by atoms with Crippen molar-refractivity contribution in [1.82, 2.24) is 4.31 Å². The van der Waals surface area contributed by atoms with Crippen LogP contribution in [0.3, 0.4) is 0 Å². The minimum Gasteiger partial charge on any atom is -0.393 e. The van der Waals surface area contributed by atoms with Gasteiger partial charge in [0, 0.05) is 13.1 Å². The monoisotopic (exact) mass is 301 g/mol. The van der Waals surface area contributed by atoms with Gasteiger partial charge in [-0.2, -0.15) is 4.31 Å². The molecule has 1 aromatic carbocycles. The summed E-state index contributed by atoms with van der Waals surface area (Å²) in [5.41, 5.74) is 0.407. The summed E-state index contributed by atoms with van der Waals surface area (Å²) < 4.78 is 39.7. The number of sulfonamides is 1. The minimum atomic E-state index is -3.62. The Hall–Kier alpha value is -0.980. The second kappa shape index (κ2) is 5.79. The van der Waals surface area contributed by atoms with Gasteiger partial charge >= 0.3 is 0 Å². The number of hydrogen-bond donors (Lipinski definition) is 1. The summed E-state index contributed by atoms with van der Waals surface area (Å²) in [6.07, 6.45) is 0.730. The molecule has 0 bridgehead atoms. The van der Waals surface area contributed by atoms with E-state index in [1.807, 2.05) is 6.92 Å². The number of benzene rings is 1. The van der Waals surface area contributed by atoms with Crippen molar-refractivity contribution < 1.29 is 17.9 Å². The third-order valence-corrected chi connectivity index (χ3v) is 5.96. The highest BCUT2D eigenvalue weighted by Crippen LogP contribution is 2.27. The molecule has 0 saturated carbocycles. The van der Waals surface area contributed by atoms with Crippen LogP contribution in [-0.2, 0) is 10.0 Å². The van der Waals surface area contributed by atoms with E-state index in [1.54, 1.807) is 6.92 Å². The largest absolute Gasteiger partial charge is 0.393 e. The van der Waals surface area contributed by atoms with Crippen molar-refractivity contribution in [2.45, 2.75) is 37.7 Å². The fourth-order valence-corrected chi connectivity index (χ4v) is 4.36. The van der Waals surface area contributed by atoms with Crippen LogP contribution in [0.4, 0.5) is 4.39 Å². The van der Waals surface area contributed by atoms with E-state index in [9.17, 15) is 17.9 Å². The zero-order valence-electron chi connectivity index (χ0n) is 11.7. The molecular weight excluding hydrogens is 281 g/mol. The second-order valence-corrected chi connectivity index (χ2v) is 7.20. The highest BCUT2D eigenvalue weighted by molar-refractivity contribution is 7.89. The Labute approximate surface area is 119 Å². The van der Waals surface area contributed by atoms with Gasteiger partial charge in [0.15, 0.2) is 0 Å². The number of nitrogens with zero attached hydrogens (tertiary/aromatic N) is 1. The molecule has 1 aromatic rings. The van der Waals surface area contributed by atoms with E-state index in [1.165, 1.54) is 16.4 Å². The van der Waals surface area contributed by atoms with Crippen LogP contribution in [0, 0.1) is 18.7 Å². The fourth-order valence-electron chi connectivity index (χ4n) is 2.65. The number of aryl methyl sites for hydroxylation is 1. The molecule has 1 saturated heterocycles. The molecule has 1 fully saturated rings. The lowest BCUT2D eigenvalue weighted by molar-refractivity contribution is 0.0520. The Morgan fingerprint density at radius 2 is 2.15 bits per heavy atom. The van der Waals surface area contributed by atoms with Gasteiger partial charge in [0.1, 0.15) is 5.82 Å². The van der Waals surface area contributed by atoms with Crippen molar-refractivity contribution in [3.63, 3.8) is 0 Å². The quantitative estimate of drug-likeness (QED) is 0.928. The highest BCUT2D eigenvalue weighted by atomic mass is 32.2. The summed E-state index contributed by atoms with van der Waals surface area (Å²) >= 11 is 0. The number of aliphatic hydroxyl groups excluding tert-OH is 1. The Kier molecular flexibility index (Phi) is 4.46. The number of piperidine rings is 1. The van der Waals surface area contributed by atoms with Gasteiger partial charge in [-0.1, -0.05) is 6.92 Å². The molecule has 2 rings (SSSR count). The van der Waals surface area contributed by atoms with E-state index in [0.29, 0.717) is 25.1 Å². The van der Waals surface area contributed by atoms with Crippen molar-refractivity contribution >= 4 is 10.0 Å². The van der Waals surface area contributed by atoms with Crippen LogP contribution in [0.15, 0.2) is 23.1 Å². The summed E-state index contributed by atoms with van der Waals surface area (Å²) in [4.78, 5) is 0.144. The van der Waals surface area contributed by atoms with Crippen molar-refractivity contribution in [3.8, 4) is 0 Å². The summed E-state index contributed by atoms with van der Waals surface area (Å²) in [5.74, 6) is -0.485. The van der Waals surface area contributed by atoms with E-state index in [-0.39, 0.29) is 10.8 Å². The van der Waals surface area contributed by atoms with Crippen molar-refractivity contribution in [2.24, 2.45) is 5.92 Å². The van der Waals surface area contributed by atoms with Gasteiger partial charge in [-0.3, -0.25) is 0 Å². The molecule has 2 unspecified atom stereocenters. The van der Waals surface area contributed by atoms with Gasteiger partial charge in [-0.15, -0.1) is 0 Å². The number of hydrogen-bond acceptors (Lipinski definition) is 3. The molecule has 0 amide bonds. The van der Waals surface area contributed by atoms with Crippen molar-refractivity contribution in [1.29, 1.82) is 0 Å². The zero-order chi connectivity index (χ0) is 14.9. The molecule has 0 aromatic heterocycles. The Bertz CT molecular complexity index is 588. The molecule has 0 radical (unpaired) electrons. The van der Waals surface area contributed by atoms with Crippen LogP contribution < -0.4 is 0 Å². The third-order valence-electron chi connectivity index (χ3n) is 3.94. The van der Waals surface area contributed by atoms with E-state index >= 15 is 0 Å². The molecule has 4 nitrogen and oxygen atoms in total.